The van der Waals surface area contributed by atoms with E-state index in [-0.39, 0.29) is 0 Å². The van der Waals surface area contributed by atoms with Crippen molar-refractivity contribution in [2.45, 2.75) is 5.92 Å². The van der Waals surface area contributed by atoms with Gasteiger partial charge in [-0.3, -0.25) is 0 Å². The first-order chi connectivity index (χ1) is 5.48. The van der Waals surface area contributed by atoms with Gasteiger partial charge in [0.05, 0.1) is 6.54 Å². The molecule has 5 heteroatoms. The number of hydrogen-bond donors (Lipinski definition) is 2. The molecule has 0 radical (unpaired) electrons. The minimum atomic E-state index is -2.99. The van der Waals surface area contributed by atoms with Crippen LogP contribution in [-0.4, -0.2) is 56.3 Å². The van der Waals surface area contributed by atoms with E-state index in [1.54, 1.807) is 0 Å². The van der Waals surface area contributed by atoms with Crippen LogP contribution in [0, 0.1) is 0 Å². The van der Waals surface area contributed by atoms with Gasteiger partial charge in [0.15, 0.2) is 0 Å². The maximum absolute atomic E-state index is 12.4. The van der Waals surface area contributed by atoms with Crippen LogP contribution in [0.15, 0.2) is 0 Å². The molecule has 0 atom stereocenters. The molecule has 0 heterocycles. The number of aliphatic hydroxyl groups excluding tert-OH is 1. The third-order valence-corrected chi connectivity index (χ3v) is 1.35. The van der Waals surface area contributed by atoms with Crippen LogP contribution in [0.4, 0.5) is 8.78 Å². The molecular formula is C7H16F2N2O. The molecule has 0 aromatic heterocycles. The number of aliphatic hydroxyl groups is 1. The normalized spacial score (nSPS) is 12.5. The molecule has 0 saturated carbocycles. The maximum Gasteiger partial charge on any atom is 0.282 e. The van der Waals surface area contributed by atoms with E-state index in [2.05, 4.69) is 5.32 Å². The largest absolute Gasteiger partial charge is 0.390 e. The number of rotatable bonds is 6. The van der Waals surface area contributed by atoms with Gasteiger partial charge in [-0.05, 0) is 14.1 Å². The fraction of sp³-hybridized carbons (Fsp3) is 1.00. The van der Waals surface area contributed by atoms with E-state index in [9.17, 15) is 8.78 Å². The van der Waals surface area contributed by atoms with Gasteiger partial charge in [0, 0.05) is 13.1 Å². The Labute approximate surface area is 71.4 Å². The Morgan fingerprint density at radius 2 is 2.00 bits per heavy atom. The second kappa shape index (κ2) is 5.40. The Balaban J connectivity index is 3.31. The van der Waals surface area contributed by atoms with Crippen LogP contribution >= 0.6 is 0 Å². The lowest BCUT2D eigenvalue weighted by Gasteiger charge is -2.15. The maximum atomic E-state index is 12.4. The third kappa shape index (κ3) is 6.45. The third-order valence-electron chi connectivity index (χ3n) is 1.35. The summed E-state index contributed by atoms with van der Waals surface area (Å²) in [6.07, 6.45) is 0. The molecule has 0 amide bonds. The van der Waals surface area contributed by atoms with Crippen molar-refractivity contribution in [2.24, 2.45) is 0 Å². The quantitative estimate of drug-likeness (QED) is 0.557. The van der Waals surface area contributed by atoms with Crippen LogP contribution in [0.3, 0.4) is 0 Å². The van der Waals surface area contributed by atoms with Crippen LogP contribution in [0.25, 0.3) is 0 Å². The number of halogens is 2. The lowest BCUT2D eigenvalue weighted by Crippen LogP contribution is -2.38. The number of alkyl halides is 2. The van der Waals surface area contributed by atoms with Gasteiger partial charge >= 0.3 is 0 Å². The van der Waals surface area contributed by atoms with Gasteiger partial charge in [-0.1, -0.05) is 0 Å². The molecule has 0 aliphatic carbocycles. The number of hydrogen-bond acceptors (Lipinski definition) is 3. The standard InChI is InChI=1S/C7H16F2N2O/c1-11(2)4-3-10-5-7(8,9)6-12/h10,12H,3-6H2,1-2H3. The first-order valence-electron chi connectivity index (χ1n) is 3.82. The van der Waals surface area contributed by atoms with Gasteiger partial charge in [0.25, 0.3) is 5.92 Å². The summed E-state index contributed by atoms with van der Waals surface area (Å²) in [5, 5.41) is 10.8. The fourth-order valence-corrected chi connectivity index (χ4v) is 0.630. The summed E-state index contributed by atoms with van der Waals surface area (Å²) >= 11 is 0. The SMILES string of the molecule is CN(C)CCNCC(F)(F)CO. The van der Waals surface area contributed by atoms with Gasteiger partial charge in [-0.2, -0.15) is 0 Å². The zero-order valence-corrected chi connectivity index (χ0v) is 7.48. The summed E-state index contributed by atoms with van der Waals surface area (Å²) in [6.45, 7) is -0.344. The Morgan fingerprint density at radius 3 is 2.42 bits per heavy atom. The van der Waals surface area contributed by atoms with E-state index >= 15 is 0 Å². The van der Waals surface area contributed by atoms with Crippen LogP contribution in [0.2, 0.25) is 0 Å². The highest BCUT2D eigenvalue weighted by molar-refractivity contribution is 4.67. The molecule has 2 N–H and O–H groups in total. The molecule has 0 spiro atoms. The van der Waals surface area contributed by atoms with Gasteiger partial charge in [0.1, 0.15) is 6.61 Å². The van der Waals surface area contributed by atoms with Gasteiger partial charge in [-0.15, -0.1) is 0 Å². The van der Waals surface area contributed by atoms with Crippen LogP contribution < -0.4 is 5.32 Å². The monoisotopic (exact) mass is 182 g/mol. The minimum absolute atomic E-state index is 0.461. The molecule has 12 heavy (non-hydrogen) atoms. The summed E-state index contributed by atoms with van der Waals surface area (Å²) in [7, 11) is 3.73. The summed E-state index contributed by atoms with van der Waals surface area (Å²) in [4.78, 5) is 1.89. The van der Waals surface area contributed by atoms with Crippen molar-refractivity contribution in [3.8, 4) is 0 Å². The van der Waals surface area contributed by atoms with E-state index in [4.69, 9.17) is 5.11 Å². The van der Waals surface area contributed by atoms with E-state index in [1.165, 1.54) is 0 Å². The van der Waals surface area contributed by atoms with E-state index in [0.29, 0.717) is 13.1 Å². The molecule has 0 aliphatic rings. The van der Waals surface area contributed by atoms with E-state index < -0.39 is 19.1 Å². The highest BCUT2D eigenvalue weighted by Crippen LogP contribution is 2.09. The summed E-state index contributed by atoms with van der Waals surface area (Å²) in [5.74, 6) is -2.99. The molecule has 0 aromatic carbocycles. The van der Waals surface area contributed by atoms with Crippen LogP contribution in [0.5, 0.6) is 0 Å². The van der Waals surface area contributed by atoms with E-state index in [1.807, 2.05) is 19.0 Å². The van der Waals surface area contributed by atoms with Crippen molar-refractivity contribution >= 4 is 0 Å². The zero-order chi connectivity index (χ0) is 9.61. The Kier molecular flexibility index (Phi) is 5.28. The predicted molar refractivity (Wildman–Crippen MR) is 43.5 cm³/mol. The van der Waals surface area contributed by atoms with E-state index in [0.717, 1.165) is 0 Å². The summed E-state index contributed by atoms with van der Waals surface area (Å²) < 4.78 is 24.7. The molecule has 0 unspecified atom stereocenters. The zero-order valence-electron chi connectivity index (χ0n) is 7.48. The van der Waals surface area contributed by atoms with Crippen molar-refractivity contribution in [1.82, 2.24) is 10.2 Å². The molecular weight excluding hydrogens is 166 g/mol. The molecule has 3 nitrogen and oxygen atoms in total. The average Bonchev–Trinajstić information content (AvgIpc) is 1.98. The molecule has 0 saturated heterocycles. The smallest absolute Gasteiger partial charge is 0.282 e. The second-order valence-electron chi connectivity index (χ2n) is 2.99. The topological polar surface area (TPSA) is 35.5 Å². The van der Waals surface area contributed by atoms with Crippen LogP contribution in [-0.2, 0) is 0 Å². The molecule has 0 fully saturated rings. The van der Waals surface area contributed by atoms with Gasteiger partial charge < -0.3 is 15.3 Å². The molecule has 74 valence electrons. The van der Waals surface area contributed by atoms with Crippen molar-refractivity contribution in [2.75, 3.05) is 40.3 Å². The van der Waals surface area contributed by atoms with Gasteiger partial charge in [-0.25, -0.2) is 8.78 Å². The number of likely N-dealkylation sites (N-methyl/N-ethyl adjacent to an activating group) is 1. The Hall–Kier alpha value is -0.260. The molecule has 0 aromatic rings. The van der Waals surface area contributed by atoms with Gasteiger partial charge in [0.2, 0.25) is 0 Å². The summed E-state index contributed by atoms with van der Waals surface area (Å²) in [6, 6.07) is 0. The molecule has 0 aliphatic heterocycles. The fourth-order valence-electron chi connectivity index (χ4n) is 0.630. The average molecular weight is 182 g/mol. The van der Waals surface area contributed by atoms with Crippen molar-refractivity contribution < 1.29 is 13.9 Å². The van der Waals surface area contributed by atoms with Crippen molar-refractivity contribution in [3.05, 3.63) is 0 Å². The second-order valence-corrected chi connectivity index (χ2v) is 2.99. The van der Waals surface area contributed by atoms with Crippen molar-refractivity contribution in [1.29, 1.82) is 0 Å². The lowest BCUT2D eigenvalue weighted by atomic mass is 10.3. The number of nitrogens with one attached hydrogen (secondary N) is 1. The van der Waals surface area contributed by atoms with Crippen LogP contribution in [0.1, 0.15) is 0 Å². The summed E-state index contributed by atoms with van der Waals surface area (Å²) in [5.41, 5.74) is 0. The predicted octanol–water partition coefficient (Wildman–Crippen LogP) is -0.235. The molecule has 0 bridgehead atoms. The first-order valence-corrected chi connectivity index (χ1v) is 3.82. The highest BCUT2D eigenvalue weighted by atomic mass is 19.3. The lowest BCUT2D eigenvalue weighted by molar-refractivity contribution is -0.0475. The minimum Gasteiger partial charge on any atom is -0.390 e. The molecule has 0 rings (SSSR count). The van der Waals surface area contributed by atoms with Crippen molar-refractivity contribution in [3.63, 3.8) is 0 Å². The highest BCUT2D eigenvalue weighted by Gasteiger charge is 2.26. The first kappa shape index (κ1) is 11.7. The number of nitrogens with zero attached hydrogens (tertiary/aromatic N) is 1. The Morgan fingerprint density at radius 1 is 1.42 bits per heavy atom. The Bertz CT molecular complexity index is 120.